The normalized spacial score (nSPS) is 15.0. The molecule has 9 nitrogen and oxygen atoms in total. The molecule has 1 aliphatic heterocycles. The van der Waals surface area contributed by atoms with E-state index in [1.165, 1.54) is 21.8 Å². The van der Waals surface area contributed by atoms with Crippen LogP contribution in [0.1, 0.15) is 16.2 Å². The maximum absolute atomic E-state index is 12.4. The van der Waals surface area contributed by atoms with Crippen LogP contribution in [0, 0.1) is 0 Å². The summed E-state index contributed by atoms with van der Waals surface area (Å²) < 4.78 is 7.15. The van der Waals surface area contributed by atoms with Crippen LogP contribution in [0.15, 0.2) is 43.7 Å². The van der Waals surface area contributed by atoms with Crippen LogP contribution >= 0.6 is 27.3 Å². The number of carbonyl (C=O) groups excluding carboxylic acids is 2. The molecule has 0 unspecified atom stereocenters. The van der Waals surface area contributed by atoms with Gasteiger partial charge in [0.15, 0.2) is 15.4 Å². The molecule has 1 N–H and O–H groups in total. The average Bonchev–Trinajstić information content (AvgIpc) is 3.35. The predicted molar refractivity (Wildman–Crippen MR) is 110 cm³/mol. The minimum absolute atomic E-state index is 0.0789. The van der Waals surface area contributed by atoms with Crippen molar-refractivity contribution in [1.29, 1.82) is 0 Å². The number of fused-ring (bicyclic) bond motifs is 1. The van der Waals surface area contributed by atoms with Crippen LogP contribution in [0.25, 0.3) is 4.96 Å². The average molecular weight is 480 g/mol. The van der Waals surface area contributed by atoms with Crippen molar-refractivity contribution in [2.24, 2.45) is 0 Å². The van der Waals surface area contributed by atoms with Crippen LogP contribution in [0.2, 0.25) is 0 Å². The predicted octanol–water partition coefficient (Wildman–Crippen LogP) is 1.19. The number of hydrogen-bond donors (Lipinski definition) is 1. The summed E-state index contributed by atoms with van der Waals surface area (Å²) in [6, 6.07) is 4.71. The van der Waals surface area contributed by atoms with Gasteiger partial charge >= 0.3 is 0 Å². The van der Waals surface area contributed by atoms with Gasteiger partial charge in [-0.05, 0) is 28.1 Å². The molecule has 2 amide bonds. The first-order valence-electron chi connectivity index (χ1n) is 8.99. The Morgan fingerprint density at radius 3 is 2.76 bits per heavy atom. The van der Waals surface area contributed by atoms with Gasteiger partial charge in [-0.15, -0.1) is 11.3 Å². The molecule has 0 atom stereocenters. The van der Waals surface area contributed by atoms with Gasteiger partial charge in [0.2, 0.25) is 5.91 Å². The second kappa shape index (κ2) is 8.47. The van der Waals surface area contributed by atoms with E-state index in [9.17, 15) is 14.4 Å². The van der Waals surface area contributed by atoms with E-state index in [1.54, 1.807) is 23.2 Å². The monoisotopic (exact) mass is 479 g/mol. The van der Waals surface area contributed by atoms with E-state index in [4.69, 9.17) is 4.42 Å². The summed E-state index contributed by atoms with van der Waals surface area (Å²) in [7, 11) is 0. The molecule has 152 valence electrons. The standard InChI is InChI=1S/C18H18BrN5O4S/c19-14-2-1-13(28-14)17(27)20-10-16(26)23-5-3-22(4-6-23)11-12-9-15(25)24-7-8-29-18(24)21-12/h1-2,7-9H,3-6,10-11H2,(H,20,27). The third-order valence-electron chi connectivity index (χ3n) is 4.66. The molecule has 0 aliphatic carbocycles. The molecule has 0 bridgehead atoms. The third-order valence-corrected chi connectivity index (χ3v) is 5.85. The van der Waals surface area contributed by atoms with Gasteiger partial charge < -0.3 is 14.6 Å². The maximum Gasteiger partial charge on any atom is 0.287 e. The quantitative estimate of drug-likeness (QED) is 0.589. The summed E-state index contributed by atoms with van der Waals surface area (Å²) in [5.74, 6) is -0.412. The van der Waals surface area contributed by atoms with E-state index >= 15 is 0 Å². The summed E-state index contributed by atoms with van der Waals surface area (Å²) in [4.78, 5) is 45.5. The van der Waals surface area contributed by atoms with Crippen molar-refractivity contribution in [3.63, 3.8) is 0 Å². The van der Waals surface area contributed by atoms with E-state index in [0.29, 0.717) is 42.4 Å². The second-order valence-electron chi connectivity index (χ2n) is 6.58. The number of nitrogens with one attached hydrogen (secondary N) is 1. The Hall–Kier alpha value is -2.50. The first-order valence-corrected chi connectivity index (χ1v) is 10.7. The number of piperazine rings is 1. The van der Waals surface area contributed by atoms with E-state index < -0.39 is 5.91 Å². The van der Waals surface area contributed by atoms with Crippen molar-refractivity contribution >= 4 is 44.0 Å². The lowest BCUT2D eigenvalue weighted by Gasteiger charge is -2.34. The molecule has 1 fully saturated rings. The van der Waals surface area contributed by atoms with Crippen LogP contribution in [0.3, 0.4) is 0 Å². The van der Waals surface area contributed by atoms with Gasteiger partial charge in [0, 0.05) is 50.4 Å². The van der Waals surface area contributed by atoms with Gasteiger partial charge in [-0.1, -0.05) is 0 Å². The lowest BCUT2D eigenvalue weighted by atomic mass is 10.2. The number of carbonyl (C=O) groups is 2. The van der Waals surface area contributed by atoms with Gasteiger partial charge in [-0.2, -0.15) is 0 Å². The fraction of sp³-hybridized carbons (Fsp3) is 0.333. The number of nitrogens with zero attached hydrogens (tertiary/aromatic N) is 4. The molecule has 11 heteroatoms. The number of thiazole rings is 1. The minimum atomic E-state index is -0.427. The lowest BCUT2D eigenvalue weighted by molar-refractivity contribution is -0.131. The Bertz CT molecular complexity index is 1100. The fourth-order valence-electron chi connectivity index (χ4n) is 3.14. The molecule has 1 aliphatic rings. The van der Waals surface area contributed by atoms with Gasteiger partial charge in [-0.3, -0.25) is 23.7 Å². The number of aromatic nitrogens is 2. The molecular formula is C18H18BrN5O4S. The van der Waals surface area contributed by atoms with Crippen molar-refractivity contribution in [2.75, 3.05) is 32.7 Å². The van der Waals surface area contributed by atoms with Gasteiger partial charge in [0.1, 0.15) is 0 Å². The van der Waals surface area contributed by atoms with Crippen molar-refractivity contribution < 1.29 is 14.0 Å². The van der Waals surface area contributed by atoms with E-state index in [2.05, 4.69) is 31.1 Å². The highest BCUT2D eigenvalue weighted by Gasteiger charge is 2.22. The maximum atomic E-state index is 12.4. The first kappa shape index (κ1) is 19.8. The van der Waals surface area contributed by atoms with Gasteiger partial charge in [-0.25, -0.2) is 4.98 Å². The second-order valence-corrected chi connectivity index (χ2v) is 8.24. The van der Waals surface area contributed by atoms with E-state index in [1.807, 2.05) is 5.38 Å². The molecule has 0 aromatic carbocycles. The third kappa shape index (κ3) is 4.57. The highest BCUT2D eigenvalue weighted by Crippen LogP contribution is 2.14. The Labute approximate surface area is 178 Å². The fourth-order valence-corrected chi connectivity index (χ4v) is 4.19. The van der Waals surface area contributed by atoms with Crippen molar-refractivity contribution in [2.45, 2.75) is 6.54 Å². The van der Waals surface area contributed by atoms with Crippen molar-refractivity contribution in [1.82, 2.24) is 24.5 Å². The van der Waals surface area contributed by atoms with Crippen LogP contribution < -0.4 is 10.9 Å². The smallest absolute Gasteiger partial charge is 0.287 e. The van der Waals surface area contributed by atoms with Crippen molar-refractivity contribution in [3.8, 4) is 0 Å². The van der Waals surface area contributed by atoms with Crippen molar-refractivity contribution in [3.05, 3.63) is 56.3 Å². The SMILES string of the molecule is O=C(NCC(=O)N1CCN(Cc2cc(=O)n3ccsc3n2)CC1)c1ccc(Br)o1. The number of rotatable bonds is 5. The molecule has 0 spiro atoms. The van der Waals surface area contributed by atoms with Crippen LogP contribution in [-0.2, 0) is 11.3 Å². The largest absolute Gasteiger partial charge is 0.444 e. The summed E-state index contributed by atoms with van der Waals surface area (Å²) in [6.07, 6.45) is 1.72. The molecule has 4 heterocycles. The molecule has 0 radical (unpaired) electrons. The molecule has 4 rings (SSSR count). The highest BCUT2D eigenvalue weighted by atomic mass is 79.9. The molecule has 3 aromatic heterocycles. The van der Waals surface area contributed by atoms with Crippen LogP contribution in [0.5, 0.6) is 0 Å². The molecule has 1 saturated heterocycles. The summed E-state index contributed by atoms with van der Waals surface area (Å²) in [5.41, 5.74) is 0.647. The zero-order valence-electron chi connectivity index (χ0n) is 15.3. The first-order chi connectivity index (χ1) is 14.0. The summed E-state index contributed by atoms with van der Waals surface area (Å²) in [5, 5.41) is 4.41. The summed E-state index contributed by atoms with van der Waals surface area (Å²) in [6.45, 7) is 2.95. The van der Waals surface area contributed by atoms with Crippen LogP contribution in [0.4, 0.5) is 0 Å². The van der Waals surface area contributed by atoms with E-state index in [0.717, 1.165) is 5.69 Å². The zero-order chi connectivity index (χ0) is 20.4. The number of hydrogen-bond acceptors (Lipinski definition) is 7. The Balaban J connectivity index is 1.26. The molecule has 3 aromatic rings. The Kier molecular flexibility index (Phi) is 5.79. The Morgan fingerprint density at radius 1 is 1.24 bits per heavy atom. The number of halogens is 1. The molecule has 0 saturated carbocycles. The highest BCUT2D eigenvalue weighted by molar-refractivity contribution is 9.10. The summed E-state index contributed by atoms with van der Waals surface area (Å²) >= 11 is 4.56. The lowest BCUT2D eigenvalue weighted by Crippen LogP contribution is -2.51. The van der Waals surface area contributed by atoms with Gasteiger partial charge in [0.05, 0.1) is 12.2 Å². The number of furan rings is 1. The molecular weight excluding hydrogens is 462 g/mol. The van der Waals surface area contributed by atoms with E-state index in [-0.39, 0.29) is 23.8 Å². The zero-order valence-corrected chi connectivity index (χ0v) is 17.7. The topological polar surface area (TPSA) is 100 Å². The minimum Gasteiger partial charge on any atom is -0.444 e. The Morgan fingerprint density at radius 2 is 2.03 bits per heavy atom. The van der Waals surface area contributed by atoms with Crippen LogP contribution in [-0.4, -0.2) is 63.7 Å². The number of amides is 2. The van der Waals surface area contributed by atoms with Gasteiger partial charge in [0.25, 0.3) is 11.5 Å². The molecule has 29 heavy (non-hydrogen) atoms.